The molecule has 1 aliphatic rings. The molecule has 0 radical (unpaired) electrons. The van der Waals surface area contributed by atoms with Crippen LogP contribution < -0.4 is 0 Å². The molecule has 5 rings (SSSR count). The lowest BCUT2D eigenvalue weighted by Crippen LogP contribution is -2.40. The van der Waals surface area contributed by atoms with Crippen molar-refractivity contribution in [2.24, 2.45) is 0 Å². The van der Waals surface area contributed by atoms with Gasteiger partial charge in [0.15, 0.2) is 0 Å². The highest BCUT2D eigenvalue weighted by molar-refractivity contribution is 7.10. The van der Waals surface area contributed by atoms with Gasteiger partial charge in [0.25, 0.3) is 5.91 Å². The molecule has 1 amide bonds. The number of benzene rings is 2. The van der Waals surface area contributed by atoms with Gasteiger partial charge in [0.2, 0.25) is 0 Å². The van der Waals surface area contributed by atoms with E-state index in [0.29, 0.717) is 18.5 Å². The third kappa shape index (κ3) is 3.43. The molecule has 0 bridgehead atoms. The summed E-state index contributed by atoms with van der Waals surface area (Å²) in [5, 5.41) is 12.4. The number of carbonyl (C=O) groups excluding carboxylic acids is 1. The van der Waals surface area contributed by atoms with Crippen molar-refractivity contribution in [2.45, 2.75) is 32.4 Å². The molecule has 4 aromatic rings. The molecule has 0 N–H and O–H groups in total. The Morgan fingerprint density at radius 2 is 2.06 bits per heavy atom. The Labute approximate surface area is 186 Å². The van der Waals surface area contributed by atoms with Crippen LogP contribution >= 0.6 is 11.3 Å². The van der Waals surface area contributed by atoms with Crippen LogP contribution in [0.1, 0.15) is 44.9 Å². The van der Waals surface area contributed by atoms with Gasteiger partial charge in [0.05, 0.1) is 23.2 Å². The number of aryl methyl sites for hydroxylation is 1. The van der Waals surface area contributed by atoms with Crippen molar-refractivity contribution in [1.29, 1.82) is 5.26 Å². The quantitative estimate of drug-likeness (QED) is 0.429. The second-order valence-electron chi connectivity index (χ2n) is 7.94. The van der Waals surface area contributed by atoms with Crippen LogP contribution in [0, 0.1) is 11.3 Å². The van der Waals surface area contributed by atoms with Gasteiger partial charge < -0.3 is 9.47 Å². The predicted octanol–water partition coefficient (Wildman–Crippen LogP) is 5.58. The van der Waals surface area contributed by atoms with Gasteiger partial charge >= 0.3 is 0 Å². The topological polar surface area (TPSA) is 49.0 Å². The minimum absolute atomic E-state index is 0.0195. The Kier molecular flexibility index (Phi) is 5.09. The predicted molar refractivity (Wildman–Crippen MR) is 124 cm³/mol. The summed E-state index contributed by atoms with van der Waals surface area (Å²) in [7, 11) is 0. The molecule has 2 aromatic carbocycles. The van der Waals surface area contributed by atoms with Crippen molar-refractivity contribution in [3.8, 4) is 6.07 Å². The van der Waals surface area contributed by atoms with E-state index < -0.39 is 0 Å². The zero-order valence-corrected chi connectivity index (χ0v) is 18.2. The molecule has 4 nitrogen and oxygen atoms in total. The van der Waals surface area contributed by atoms with Gasteiger partial charge in [-0.05, 0) is 60.5 Å². The second-order valence-corrected chi connectivity index (χ2v) is 8.88. The molecule has 5 heteroatoms. The van der Waals surface area contributed by atoms with Crippen molar-refractivity contribution >= 4 is 28.1 Å². The summed E-state index contributed by atoms with van der Waals surface area (Å²) in [6, 6.07) is 20.3. The fourth-order valence-electron chi connectivity index (χ4n) is 4.66. The van der Waals surface area contributed by atoms with Crippen LogP contribution in [-0.4, -0.2) is 21.9 Å². The summed E-state index contributed by atoms with van der Waals surface area (Å²) in [5.41, 5.74) is 4.95. The molecule has 0 saturated carbocycles. The third-order valence-corrected chi connectivity index (χ3v) is 7.25. The van der Waals surface area contributed by atoms with E-state index in [9.17, 15) is 10.1 Å². The Balaban J connectivity index is 1.56. The van der Waals surface area contributed by atoms with Gasteiger partial charge in [0.1, 0.15) is 0 Å². The molecule has 2 aromatic heterocycles. The normalized spacial score (nSPS) is 15.6. The summed E-state index contributed by atoms with van der Waals surface area (Å²) >= 11 is 1.73. The highest BCUT2D eigenvalue weighted by atomic mass is 32.1. The molecule has 0 aliphatic carbocycles. The summed E-state index contributed by atoms with van der Waals surface area (Å²) in [6.07, 6.45) is 3.59. The number of rotatable bonds is 4. The lowest BCUT2D eigenvalue weighted by Gasteiger charge is -2.36. The highest BCUT2D eigenvalue weighted by Crippen LogP contribution is 2.38. The van der Waals surface area contributed by atoms with E-state index in [1.54, 1.807) is 11.3 Å². The molecule has 0 spiro atoms. The summed E-state index contributed by atoms with van der Waals surface area (Å²) in [5.74, 6) is 0.0869. The van der Waals surface area contributed by atoms with Crippen LogP contribution in [0.4, 0.5) is 0 Å². The van der Waals surface area contributed by atoms with Crippen molar-refractivity contribution in [3.63, 3.8) is 0 Å². The van der Waals surface area contributed by atoms with Gasteiger partial charge in [-0.2, -0.15) is 5.26 Å². The van der Waals surface area contributed by atoms with Crippen molar-refractivity contribution in [2.75, 3.05) is 6.54 Å². The first kappa shape index (κ1) is 19.6. The fourth-order valence-corrected chi connectivity index (χ4v) is 5.72. The number of nitrogens with zero attached hydrogens (tertiary/aromatic N) is 3. The molecule has 3 heterocycles. The van der Waals surface area contributed by atoms with E-state index in [0.717, 1.165) is 35.0 Å². The SMILES string of the molecule is CCn1cc(C(=O)N2CCc3ccsc3C2Cc2cccc(C#N)c2)c2ccccc21. The standard InChI is InChI=1S/C26H23N3OS/c1-2-28-17-22(21-8-3-4-9-23(21)28)26(30)29-12-10-20-11-13-31-25(20)24(29)15-18-6-5-7-19(14-18)16-27/h3-9,11,13-14,17,24H,2,10,12,15H2,1H3. The fraction of sp³-hybridized carbons (Fsp3) is 0.231. The van der Waals surface area contributed by atoms with E-state index in [1.807, 2.05) is 53.6 Å². The van der Waals surface area contributed by atoms with Gasteiger partial charge in [-0.25, -0.2) is 0 Å². The zero-order chi connectivity index (χ0) is 21.4. The maximum Gasteiger partial charge on any atom is 0.256 e. The molecule has 31 heavy (non-hydrogen) atoms. The first-order valence-electron chi connectivity index (χ1n) is 10.6. The lowest BCUT2D eigenvalue weighted by molar-refractivity contribution is 0.0666. The Morgan fingerprint density at radius 1 is 1.19 bits per heavy atom. The number of amides is 1. The van der Waals surface area contributed by atoms with E-state index in [-0.39, 0.29) is 11.9 Å². The monoisotopic (exact) mass is 425 g/mol. The minimum Gasteiger partial charge on any atom is -0.347 e. The van der Waals surface area contributed by atoms with Gasteiger partial charge in [-0.15, -0.1) is 11.3 Å². The smallest absolute Gasteiger partial charge is 0.256 e. The van der Waals surface area contributed by atoms with Crippen LogP contribution in [0.2, 0.25) is 0 Å². The number of thiophene rings is 1. The van der Waals surface area contributed by atoms with E-state index in [4.69, 9.17) is 0 Å². The first-order valence-corrected chi connectivity index (χ1v) is 11.5. The average molecular weight is 426 g/mol. The molecule has 1 aliphatic heterocycles. The molecule has 1 unspecified atom stereocenters. The highest BCUT2D eigenvalue weighted by Gasteiger charge is 2.33. The lowest BCUT2D eigenvalue weighted by atomic mass is 9.94. The van der Waals surface area contributed by atoms with Gasteiger partial charge in [-0.3, -0.25) is 4.79 Å². The van der Waals surface area contributed by atoms with E-state index in [2.05, 4.69) is 35.1 Å². The van der Waals surface area contributed by atoms with Crippen LogP contribution in [-0.2, 0) is 19.4 Å². The number of aromatic nitrogens is 1. The molecule has 154 valence electrons. The van der Waals surface area contributed by atoms with Crippen LogP contribution in [0.25, 0.3) is 10.9 Å². The van der Waals surface area contributed by atoms with Gasteiger partial charge in [-0.1, -0.05) is 30.3 Å². The largest absolute Gasteiger partial charge is 0.347 e. The number of hydrogen-bond donors (Lipinski definition) is 0. The molecule has 1 atom stereocenters. The van der Waals surface area contributed by atoms with Crippen LogP contribution in [0.15, 0.2) is 66.2 Å². The van der Waals surface area contributed by atoms with Gasteiger partial charge in [0, 0.05) is 35.1 Å². The number of carbonyl (C=O) groups is 1. The van der Waals surface area contributed by atoms with Crippen LogP contribution in [0.5, 0.6) is 0 Å². The van der Waals surface area contributed by atoms with E-state index >= 15 is 0 Å². The number of fused-ring (bicyclic) bond motifs is 2. The number of nitriles is 1. The zero-order valence-electron chi connectivity index (χ0n) is 17.4. The first-order chi connectivity index (χ1) is 15.2. The van der Waals surface area contributed by atoms with Crippen molar-refractivity contribution in [1.82, 2.24) is 9.47 Å². The van der Waals surface area contributed by atoms with E-state index in [1.165, 1.54) is 10.4 Å². The molecular formula is C26H23N3OS. The Bertz CT molecular complexity index is 1310. The third-order valence-electron chi connectivity index (χ3n) is 6.19. The molecule has 0 saturated heterocycles. The molecule has 0 fully saturated rings. The average Bonchev–Trinajstić information content (AvgIpc) is 3.44. The summed E-state index contributed by atoms with van der Waals surface area (Å²) in [6.45, 7) is 3.63. The molecular weight excluding hydrogens is 402 g/mol. The maximum atomic E-state index is 13.9. The van der Waals surface area contributed by atoms with Crippen molar-refractivity contribution in [3.05, 3.63) is 93.3 Å². The summed E-state index contributed by atoms with van der Waals surface area (Å²) < 4.78 is 2.15. The Morgan fingerprint density at radius 3 is 2.90 bits per heavy atom. The Hall–Kier alpha value is -3.36. The maximum absolute atomic E-state index is 13.9. The summed E-state index contributed by atoms with van der Waals surface area (Å²) in [4.78, 5) is 17.2. The van der Waals surface area contributed by atoms with Crippen molar-refractivity contribution < 1.29 is 4.79 Å². The van der Waals surface area contributed by atoms with Crippen LogP contribution in [0.3, 0.4) is 0 Å². The minimum atomic E-state index is -0.0195. The number of hydrogen-bond acceptors (Lipinski definition) is 3. The number of para-hydroxylation sites is 1. The second kappa shape index (κ2) is 8.05.